The first kappa shape index (κ1) is 248. The zero-order valence-corrected chi connectivity index (χ0v) is 127. The second-order valence-electron chi connectivity index (χ2n) is 18.6. The maximum absolute atomic E-state index is 4.97. The van der Waals surface area contributed by atoms with Crippen LogP contribution in [0, 0.1) is 164 Å². The average Bonchev–Trinajstić information content (AvgIpc) is 1.50. The number of benzene rings is 3. The van der Waals surface area contributed by atoms with Gasteiger partial charge in [0.15, 0.2) is 0 Å². The molecule has 3 aromatic carbocycles. The second-order valence-corrected chi connectivity index (χ2v) is 18.6. The topological polar surface area (TPSA) is 31.2 Å². The molecular weight excluding hydrogens is 2510 g/mol. The van der Waals surface area contributed by atoms with Crippen LogP contribution in [0.5, 0.6) is 0 Å². The average molecular weight is 2720 g/mol. The first-order valence-electron chi connectivity index (χ1n) is 44.7. The molecule has 4 nitrogen and oxygen atoms in total. The summed E-state index contributed by atoms with van der Waals surface area (Å²) in [4.78, 5) is 11.1. The van der Waals surface area contributed by atoms with Gasteiger partial charge in [0, 0.05) is 425 Å². The van der Waals surface area contributed by atoms with Crippen molar-refractivity contribution in [2.24, 2.45) is 9.98 Å². The molecule has 5 rings (SSSR count). The fraction of sp³-hybridized carbons (Fsp3) is 0.593. The van der Waals surface area contributed by atoms with E-state index in [1.54, 1.807) is 6.08 Å². The minimum atomic E-state index is 0. The summed E-state index contributed by atoms with van der Waals surface area (Å²) in [5.41, 5.74) is 4.75. The second kappa shape index (κ2) is 352. The largest absolute Gasteiger partial charge is 0.536 e. The summed E-state index contributed by atoms with van der Waals surface area (Å²) in [5.74, 6) is 0. The van der Waals surface area contributed by atoms with Gasteiger partial charge < -0.3 is 184 Å². The van der Waals surface area contributed by atoms with Crippen molar-refractivity contribution in [2.45, 2.75) is 373 Å². The molecule has 2 aliphatic heterocycles. The predicted octanol–water partition coefficient (Wildman–Crippen LogP) is 36.0. The normalized spacial score (nSPS) is 8.31. The van der Waals surface area contributed by atoms with Crippen molar-refractivity contribution in [2.75, 3.05) is 53.4 Å². The third-order valence-corrected chi connectivity index (χ3v) is 10.3. The molecule has 2 fully saturated rings. The van der Waals surface area contributed by atoms with Crippen molar-refractivity contribution in [1.82, 2.24) is 9.80 Å². The van der Waals surface area contributed by atoms with Crippen LogP contribution in [0.2, 0.25) is 0 Å². The first-order chi connectivity index (χ1) is 54.6. The van der Waals surface area contributed by atoms with Crippen molar-refractivity contribution < 1.29 is 425 Å². The molecule has 0 atom stereocenters. The Morgan fingerprint density at radius 3 is 0.672 bits per heavy atom. The molecule has 13 radical (unpaired) electrons. The van der Waals surface area contributed by atoms with Gasteiger partial charge in [-0.25, -0.2) is 44.9 Å². The van der Waals surface area contributed by atoms with E-state index in [0.29, 0.717) is 13.1 Å². The zero-order chi connectivity index (χ0) is 93.6. The fourth-order valence-electron chi connectivity index (χ4n) is 5.33. The molecule has 3 aromatic rings. The smallest absolute Gasteiger partial charge is 0 e. The summed E-state index contributed by atoms with van der Waals surface area (Å²) in [7, 11) is 4.41. The Hall–Kier alpha value is 10.6. The monoisotopic (exact) mass is 2720 g/mol. The first-order valence-corrected chi connectivity index (χ1v) is 44.7. The van der Waals surface area contributed by atoms with Crippen LogP contribution in [0.3, 0.4) is 0 Å². The Balaban J connectivity index is -0.0000000196. The molecule has 0 spiro atoms. The number of unbranched alkanes of at least 4 members (excludes halogenated alkanes) is 11. The minimum Gasteiger partial charge on any atom is -0.536 e. The van der Waals surface area contributed by atoms with E-state index in [1.807, 2.05) is 241 Å². The predicted molar refractivity (Wildman–Crippen MR) is 546 cm³/mol. The molecule has 731 valence electrons. The summed E-state index contributed by atoms with van der Waals surface area (Å²) in [6.07, 6.45) is 36.1. The van der Waals surface area contributed by atoms with Gasteiger partial charge in [-0.15, -0.1) is 31.5 Å². The number of piperidine rings is 1. The molecule has 2 saturated heterocycles. The van der Waals surface area contributed by atoms with Crippen LogP contribution in [0.4, 0.5) is 0 Å². The van der Waals surface area contributed by atoms with Gasteiger partial charge in [0.1, 0.15) is 0 Å². The van der Waals surface area contributed by atoms with Gasteiger partial charge in [0.2, 0.25) is 0 Å². The van der Waals surface area contributed by atoms with Crippen LogP contribution < -0.4 is 0 Å². The number of aliphatic imine (C=N–C) groups is 2. The Bertz CT molecular complexity index is 1500. The molecule has 0 saturated carbocycles. The molecule has 0 amide bonds. The van der Waals surface area contributed by atoms with Gasteiger partial charge in [0.25, 0.3) is 0 Å². The molecule has 0 aliphatic carbocycles. The number of likely N-dealkylation sites (tertiary alicyclic amines) is 2. The summed E-state index contributed by atoms with van der Waals surface area (Å²) in [6, 6.07) is 30.1. The Kier molecular flexibility index (Phi) is 698. The van der Waals surface area contributed by atoms with Gasteiger partial charge in [-0.2, -0.15) is 154 Å². The van der Waals surface area contributed by atoms with Crippen molar-refractivity contribution in [1.29, 1.82) is 0 Å². The van der Waals surface area contributed by atoms with Crippen LogP contribution in [0.15, 0.2) is 94.9 Å². The number of aryl methyl sites for hydroxylation is 1. The van der Waals surface area contributed by atoms with E-state index < -0.39 is 0 Å². The molecule has 2 aliphatic rings. The van der Waals surface area contributed by atoms with Gasteiger partial charge in [0.05, 0.1) is 0 Å². The summed E-state index contributed by atoms with van der Waals surface area (Å²) in [5, 5.41) is 0. The van der Waals surface area contributed by atoms with E-state index in [1.165, 1.54) is 120 Å². The van der Waals surface area contributed by atoms with Crippen molar-refractivity contribution in [3.8, 4) is 0 Å². The maximum Gasteiger partial charge on any atom is 0 e. The third kappa shape index (κ3) is 403. The van der Waals surface area contributed by atoms with E-state index in [-0.39, 0.29) is 425 Å². The van der Waals surface area contributed by atoms with E-state index in [2.05, 4.69) is 210 Å². The Morgan fingerprint density at radius 2 is 0.544 bits per heavy atom. The molecule has 125 heavy (non-hydrogen) atoms. The van der Waals surface area contributed by atoms with Crippen molar-refractivity contribution in [3.05, 3.63) is 271 Å². The van der Waals surface area contributed by atoms with Crippen molar-refractivity contribution >= 4 is 13.4 Å². The Morgan fingerprint density at radius 1 is 0.304 bits per heavy atom. The van der Waals surface area contributed by atoms with Crippen LogP contribution in [-0.2, 0) is 444 Å². The zero-order valence-electron chi connectivity index (χ0n) is 90.3. The number of rotatable bonds is 19. The fourth-order valence-corrected chi connectivity index (χ4v) is 5.33. The van der Waals surface area contributed by atoms with Crippen LogP contribution in [0.25, 0.3) is 0 Å². The number of hydrogen-bond donors (Lipinski definition) is 0. The number of nitrogens with zero attached hydrogens (tertiary/aromatic N) is 4. The van der Waals surface area contributed by atoms with E-state index >= 15 is 0 Å². The molecular formula is C108H214N4Y13-26. The van der Waals surface area contributed by atoms with E-state index in [0.717, 1.165) is 128 Å². The van der Waals surface area contributed by atoms with Gasteiger partial charge >= 0.3 is 0 Å². The standard InChI is InChI=1S/2C9H10.C8H8.C7H15N.C6H13N.C6H12.2C5H10.C5H8.C4H5N.3C4H8.C3H5N.C3H6.13C2H6.13Y/c1-3-9-7-5-4-6-8(9)2;1-2-6-9-7-4-3-5-8-9;1-2-8-6-4-3-5-7-8;1-8-6-4-2-3-5-7-8;1-7-5-3-2-4-6-7;1-3-5-6-4-2;3*1-3-5-4-2;1-3-4-5-2;4*1-3-4-2;1-3-2;13*1-2;;;;;;;;;;;;;/h4-7H,1-3H2;3-5,7H,1-2,6H2;3-6H,1-2H2;2-7H2,1H3;2-6H2,1H3;1-6H2;2*1-5H2;1,3H,2,4-5H2;1-3H,4H2;3*1-4H2;2H,1,3H2;1-3H2;13*1-2H3;;;;;;;;;;;;;/q3*-2;;;10*-2;;;;;;;;;;;;;;;;;;;;;;;;;;. The number of allylic oxidation sites excluding steroid dienone is 1. The van der Waals surface area contributed by atoms with E-state index in [4.69, 9.17) is 13.2 Å². The SMILES string of the molecule is CC.CC.CC.CC.CC.CC.CC.CC.CC.CC.CC.CC.CC.CN1CCCCC1.CN1CCCCCC1.[CH-]=CCC[CH2-].[CH-]=CCN=[CH-].[CH-]=NC[CH2-].[CH2-]CCCC[CH2-].[CH2-]CCC[CH2-].[CH2-]CCC[CH2-].[CH2-]CC[CH2-].[CH2-]CC[CH2-].[CH2-]CC[CH2-].[CH2-]CCc1[c-]cccc1.[CH2-]C[CH2-].[CH2-]Cc1[c-]cccc1.[CH2-]Cc1ccccc1[CH2-].[Y].[Y].[Y].[Y].[Y].[Y].[Y].[Y].[Y].[Y].[Y].[Y].[Y]. The molecule has 17 heteroatoms. The van der Waals surface area contributed by atoms with E-state index in [9.17, 15) is 0 Å². The van der Waals surface area contributed by atoms with Crippen LogP contribution >= 0.6 is 0 Å². The molecule has 0 bridgehead atoms. The maximum atomic E-state index is 4.97. The molecule has 0 aromatic heterocycles. The minimum absolute atomic E-state index is 0. The third-order valence-electron chi connectivity index (χ3n) is 10.3. The quantitative estimate of drug-likeness (QED) is 0.0680. The summed E-state index contributed by atoms with van der Waals surface area (Å²) < 4.78 is 0. The van der Waals surface area contributed by atoms with Crippen molar-refractivity contribution in [3.63, 3.8) is 0 Å². The molecule has 2 heterocycles. The summed E-state index contributed by atoms with van der Waals surface area (Å²) >= 11 is 0. The van der Waals surface area contributed by atoms with Gasteiger partial charge in [-0.05, 0) is 72.5 Å². The van der Waals surface area contributed by atoms with Gasteiger partial charge in [-0.3, -0.25) is 12.2 Å². The molecule has 0 unspecified atom stereocenters. The number of hydrogen-bond acceptors (Lipinski definition) is 4. The summed E-state index contributed by atoms with van der Waals surface area (Å²) in [6.45, 7) is 149. The van der Waals surface area contributed by atoms with Crippen LogP contribution in [0.1, 0.15) is 376 Å². The van der Waals surface area contributed by atoms with Gasteiger partial charge in [-0.1, -0.05) is 231 Å². The Labute approximate surface area is 1130 Å². The van der Waals surface area contributed by atoms with Crippen LogP contribution in [-0.4, -0.2) is 76.6 Å². The molecule has 0 N–H and O–H groups in total.